The fraction of sp³-hybridized carbons (Fsp3) is 0.600. The van der Waals surface area contributed by atoms with Crippen LogP contribution in [0.1, 0.15) is 30.4 Å². The van der Waals surface area contributed by atoms with Crippen LogP contribution in [0.2, 0.25) is 0 Å². The minimum absolute atomic E-state index is 0.106. The lowest BCUT2D eigenvalue weighted by Gasteiger charge is -2.24. The van der Waals surface area contributed by atoms with Gasteiger partial charge >= 0.3 is 6.18 Å². The van der Waals surface area contributed by atoms with Crippen LogP contribution in [0.5, 0.6) is 0 Å². The Kier molecular flexibility index (Phi) is 3.61. The maximum atomic E-state index is 13.2. The first-order valence-corrected chi connectivity index (χ1v) is 7.53. The van der Waals surface area contributed by atoms with E-state index in [9.17, 15) is 13.2 Å². The lowest BCUT2D eigenvalue weighted by molar-refractivity contribution is -0.137. The van der Waals surface area contributed by atoms with Crippen molar-refractivity contribution in [1.82, 2.24) is 0 Å². The second-order valence-electron chi connectivity index (χ2n) is 5.84. The van der Waals surface area contributed by atoms with Crippen LogP contribution in [-0.4, -0.2) is 13.1 Å². The number of alkyl halides is 4. The fourth-order valence-electron chi connectivity index (χ4n) is 3.60. The summed E-state index contributed by atoms with van der Waals surface area (Å²) in [4.78, 5) is 1.91. The zero-order valence-corrected chi connectivity index (χ0v) is 11.8. The zero-order chi connectivity index (χ0) is 14.3. The Hall–Kier alpha value is -0.900. The molecule has 110 valence electrons. The Balaban J connectivity index is 1.93. The van der Waals surface area contributed by atoms with Crippen molar-refractivity contribution in [2.45, 2.75) is 31.3 Å². The van der Waals surface area contributed by atoms with Gasteiger partial charge in [0.05, 0.1) is 5.56 Å². The summed E-state index contributed by atoms with van der Waals surface area (Å²) in [6, 6.07) is 4.48. The average molecular weight is 304 g/mol. The van der Waals surface area contributed by atoms with Crippen LogP contribution >= 0.6 is 11.6 Å². The number of anilines is 1. The summed E-state index contributed by atoms with van der Waals surface area (Å²) < 4.78 is 39.7. The van der Waals surface area contributed by atoms with Crippen molar-refractivity contribution in [3.8, 4) is 0 Å². The second-order valence-corrected chi connectivity index (χ2v) is 6.11. The van der Waals surface area contributed by atoms with Gasteiger partial charge in [-0.25, -0.2) is 0 Å². The Bertz CT molecular complexity index is 488. The van der Waals surface area contributed by atoms with E-state index in [1.807, 2.05) is 4.90 Å². The SMILES string of the molecule is FC(F)(F)c1cc(CCl)ccc1N1CC2CCCC2C1. The van der Waals surface area contributed by atoms with Crippen molar-refractivity contribution < 1.29 is 13.2 Å². The molecule has 0 amide bonds. The predicted octanol–water partition coefficient (Wildman–Crippen LogP) is 4.68. The van der Waals surface area contributed by atoms with Crippen molar-refractivity contribution in [1.29, 1.82) is 0 Å². The lowest BCUT2D eigenvalue weighted by atomic mass is 10.0. The summed E-state index contributed by atoms with van der Waals surface area (Å²) in [7, 11) is 0. The number of benzene rings is 1. The molecule has 1 aliphatic heterocycles. The maximum Gasteiger partial charge on any atom is 0.418 e. The molecule has 0 N–H and O–H groups in total. The standard InChI is InChI=1S/C15H17ClF3N/c16-7-10-4-5-14(13(6-10)15(17,18)19)20-8-11-2-1-3-12(11)9-20/h4-6,11-12H,1-3,7-9H2. The van der Waals surface area contributed by atoms with Crippen molar-refractivity contribution in [2.24, 2.45) is 11.8 Å². The van der Waals surface area contributed by atoms with Crippen molar-refractivity contribution >= 4 is 17.3 Å². The number of nitrogens with zero attached hydrogens (tertiary/aromatic N) is 1. The first-order valence-electron chi connectivity index (χ1n) is 7.00. The van der Waals surface area contributed by atoms with Gasteiger partial charge in [0.15, 0.2) is 0 Å². The maximum absolute atomic E-state index is 13.2. The molecule has 1 aliphatic carbocycles. The van der Waals surface area contributed by atoms with Gasteiger partial charge in [-0.05, 0) is 42.4 Å². The van der Waals surface area contributed by atoms with Gasteiger partial charge in [-0.3, -0.25) is 0 Å². The summed E-state index contributed by atoms with van der Waals surface area (Å²) >= 11 is 5.66. The highest BCUT2D eigenvalue weighted by molar-refractivity contribution is 6.17. The van der Waals surface area contributed by atoms with Crippen LogP contribution in [-0.2, 0) is 12.1 Å². The minimum atomic E-state index is -4.32. The highest BCUT2D eigenvalue weighted by atomic mass is 35.5. The molecule has 1 saturated carbocycles. The van der Waals surface area contributed by atoms with E-state index in [-0.39, 0.29) is 5.88 Å². The molecule has 2 unspecified atom stereocenters. The quantitative estimate of drug-likeness (QED) is 0.717. The predicted molar refractivity (Wildman–Crippen MR) is 74.0 cm³/mol. The second kappa shape index (κ2) is 5.14. The third-order valence-corrected chi connectivity index (χ3v) is 4.90. The van der Waals surface area contributed by atoms with E-state index in [0.717, 1.165) is 25.9 Å². The minimum Gasteiger partial charge on any atom is -0.370 e. The highest BCUT2D eigenvalue weighted by Crippen LogP contribution is 2.43. The Morgan fingerprint density at radius 2 is 1.80 bits per heavy atom. The first-order chi connectivity index (χ1) is 9.49. The smallest absolute Gasteiger partial charge is 0.370 e. The molecule has 3 rings (SSSR count). The van der Waals surface area contributed by atoms with Gasteiger partial charge < -0.3 is 4.90 Å². The third-order valence-electron chi connectivity index (χ3n) is 4.59. The highest BCUT2D eigenvalue weighted by Gasteiger charge is 2.40. The molecule has 2 fully saturated rings. The van der Waals surface area contributed by atoms with Crippen LogP contribution in [0.4, 0.5) is 18.9 Å². The monoisotopic (exact) mass is 303 g/mol. The molecule has 1 aromatic rings. The molecule has 20 heavy (non-hydrogen) atoms. The van der Waals surface area contributed by atoms with E-state index in [1.165, 1.54) is 12.5 Å². The molecule has 1 heterocycles. The van der Waals surface area contributed by atoms with Crippen LogP contribution in [0.25, 0.3) is 0 Å². The molecular formula is C15H17ClF3N. The van der Waals surface area contributed by atoms with Gasteiger partial charge in [0.2, 0.25) is 0 Å². The fourth-order valence-corrected chi connectivity index (χ4v) is 3.77. The van der Waals surface area contributed by atoms with Gasteiger partial charge in [-0.1, -0.05) is 12.5 Å². The number of halogens is 4. The van der Waals surface area contributed by atoms with E-state index < -0.39 is 11.7 Å². The topological polar surface area (TPSA) is 3.24 Å². The number of hydrogen-bond donors (Lipinski definition) is 0. The van der Waals surface area contributed by atoms with Gasteiger partial charge in [-0.2, -0.15) is 13.2 Å². The molecule has 0 radical (unpaired) electrons. The van der Waals surface area contributed by atoms with Crippen LogP contribution in [0.3, 0.4) is 0 Å². The Labute approximate surface area is 121 Å². The number of fused-ring (bicyclic) bond motifs is 1. The molecule has 0 spiro atoms. The lowest BCUT2D eigenvalue weighted by Crippen LogP contribution is -2.24. The van der Waals surface area contributed by atoms with E-state index in [2.05, 4.69) is 0 Å². The van der Waals surface area contributed by atoms with Gasteiger partial charge in [0, 0.05) is 24.7 Å². The molecular weight excluding hydrogens is 287 g/mol. The molecule has 2 aliphatic rings. The molecule has 1 saturated heterocycles. The van der Waals surface area contributed by atoms with Gasteiger partial charge in [0.1, 0.15) is 0 Å². The summed E-state index contributed by atoms with van der Waals surface area (Å²) in [5.41, 5.74) is 0.290. The summed E-state index contributed by atoms with van der Waals surface area (Å²) in [6.45, 7) is 1.52. The molecule has 1 aromatic carbocycles. The molecule has 5 heteroatoms. The zero-order valence-electron chi connectivity index (χ0n) is 11.1. The van der Waals surface area contributed by atoms with Gasteiger partial charge in [-0.15, -0.1) is 11.6 Å². The van der Waals surface area contributed by atoms with Crippen LogP contribution < -0.4 is 4.90 Å². The number of hydrogen-bond acceptors (Lipinski definition) is 1. The van der Waals surface area contributed by atoms with Gasteiger partial charge in [0.25, 0.3) is 0 Å². The molecule has 0 bridgehead atoms. The van der Waals surface area contributed by atoms with E-state index >= 15 is 0 Å². The summed E-state index contributed by atoms with van der Waals surface area (Å²) in [5.74, 6) is 1.25. The summed E-state index contributed by atoms with van der Waals surface area (Å²) in [5, 5.41) is 0. The molecule has 0 aromatic heterocycles. The van der Waals surface area contributed by atoms with Crippen molar-refractivity contribution in [3.63, 3.8) is 0 Å². The van der Waals surface area contributed by atoms with E-state index in [0.29, 0.717) is 23.1 Å². The molecule has 1 nitrogen and oxygen atoms in total. The van der Waals surface area contributed by atoms with E-state index in [1.54, 1.807) is 12.1 Å². The average Bonchev–Trinajstić information content (AvgIpc) is 2.97. The van der Waals surface area contributed by atoms with Crippen LogP contribution in [0, 0.1) is 11.8 Å². The van der Waals surface area contributed by atoms with Crippen molar-refractivity contribution in [3.05, 3.63) is 29.3 Å². The van der Waals surface area contributed by atoms with Crippen LogP contribution in [0.15, 0.2) is 18.2 Å². The Morgan fingerprint density at radius 1 is 1.15 bits per heavy atom. The first kappa shape index (κ1) is 14.1. The van der Waals surface area contributed by atoms with Crippen molar-refractivity contribution in [2.75, 3.05) is 18.0 Å². The molecule has 2 atom stereocenters. The normalized spacial score (nSPS) is 26.1. The third kappa shape index (κ3) is 2.50. The number of rotatable bonds is 2. The Morgan fingerprint density at radius 3 is 2.35 bits per heavy atom. The summed E-state index contributed by atoms with van der Waals surface area (Å²) in [6.07, 6.45) is -0.792. The largest absolute Gasteiger partial charge is 0.418 e. The van der Waals surface area contributed by atoms with E-state index in [4.69, 9.17) is 11.6 Å².